The Morgan fingerprint density at radius 3 is 2.31 bits per heavy atom. The van der Waals surface area contributed by atoms with Gasteiger partial charge < -0.3 is 9.64 Å². The molecule has 1 aliphatic heterocycles. The van der Waals surface area contributed by atoms with Crippen LogP contribution in [0, 0.1) is 0 Å². The lowest BCUT2D eigenvalue weighted by Gasteiger charge is -2.21. The fourth-order valence-corrected chi connectivity index (χ4v) is 3.23. The molecule has 1 fully saturated rings. The minimum Gasteiger partial charge on any atom is -0.497 e. The van der Waals surface area contributed by atoms with Crippen molar-refractivity contribution >= 4 is 34.5 Å². The largest absolute Gasteiger partial charge is 0.497 e. The van der Waals surface area contributed by atoms with Crippen molar-refractivity contribution in [2.45, 2.75) is 26.4 Å². The highest BCUT2D eigenvalue weighted by molar-refractivity contribution is 6.45. The summed E-state index contributed by atoms with van der Waals surface area (Å²) in [6, 6.07) is 10.3. The van der Waals surface area contributed by atoms with Crippen LogP contribution in [0.2, 0.25) is 0 Å². The van der Waals surface area contributed by atoms with E-state index in [1.54, 1.807) is 28.0 Å². The first-order valence-electron chi connectivity index (χ1n) is 9.22. The van der Waals surface area contributed by atoms with Gasteiger partial charge in [-0.05, 0) is 48.4 Å². The Balaban J connectivity index is 1.69. The monoisotopic (exact) mass is 397 g/mol. The molecule has 0 bridgehead atoms. The van der Waals surface area contributed by atoms with E-state index in [4.69, 9.17) is 4.74 Å². The Kier molecular flexibility index (Phi) is 5.54. The van der Waals surface area contributed by atoms with Gasteiger partial charge in [0.2, 0.25) is 5.91 Å². The van der Waals surface area contributed by atoms with Crippen LogP contribution in [0.25, 0.3) is 10.8 Å². The zero-order valence-electron chi connectivity index (χ0n) is 16.8. The molecule has 8 nitrogen and oxygen atoms in total. The van der Waals surface area contributed by atoms with Gasteiger partial charge >= 0.3 is 17.8 Å². The molecule has 0 N–H and O–H groups in total. The van der Waals surface area contributed by atoms with Gasteiger partial charge in [-0.3, -0.25) is 19.3 Å². The summed E-state index contributed by atoms with van der Waals surface area (Å²) in [5, 5.41) is 2.02. The highest BCUT2D eigenvalue weighted by Crippen LogP contribution is 2.22. The third kappa shape index (κ3) is 3.91. The quantitative estimate of drug-likeness (QED) is 0.550. The molecule has 0 saturated carbocycles. The van der Waals surface area contributed by atoms with Crippen LogP contribution in [-0.2, 0) is 20.9 Å². The number of carbonyl (C=O) groups is 4. The summed E-state index contributed by atoms with van der Waals surface area (Å²) in [6.45, 7) is 3.11. The van der Waals surface area contributed by atoms with Crippen molar-refractivity contribution < 1.29 is 23.9 Å². The maximum absolute atomic E-state index is 12.6. The molecular weight excluding hydrogens is 374 g/mol. The van der Waals surface area contributed by atoms with E-state index in [0.29, 0.717) is 11.4 Å². The number of amides is 5. The summed E-state index contributed by atoms with van der Waals surface area (Å²) in [5.41, 5.74) is 0.900. The van der Waals surface area contributed by atoms with Crippen molar-refractivity contribution in [2.24, 2.45) is 0 Å². The molecule has 0 aliphatic carbocycles. The van der Waals surface area contributed by atoms with Crippen LogP contribution in [0.3, 0.4) is 0 Å². The third-order valence-corrected chi connectivity index (χ3v) is 4.85. The number of methoxy groups -OCH3 is 1. The number of hydrogen-bond acceptors (Lipinski definition) is 5. The van der Waals surface area contributed by atoms with Crippen LogP contribution < -0.4 is 4.74 Å². The van der Waals surface area contributed by atoms with Gasteiger partial charge in [0.25, 0.3) is 0 Å². The molecule has 0 atom stereocenters. The third-order valence-electron chi connectivity index (χ3n) is 4.85. The maximum Gasteiger partial charge on any atom is 0.334 e. The van der Waals surface area contributed by atoms with E-state index < -0.39 is 36.3 Å². The predicted octanol–water partition coefficient (Wildman–Crippen LogP) is 2.01. The average Bonchev–Trinajstić information content (AvgIpc) is 2.90. The second-order valence-corrected chi connectivity index (χ2v) is 7.24. The van der Waals surface area contributed by atoms with Crippen molar-refractivity contribution in [1.29, 1.82) is 0 Å². The second-order valence-electron chi connectivity index (χ2n) is 7.24. The van der Waals surface area contributed by atoms with Gasteiger partial charge in [-0.15, -0.1) is 0 Å². The van der Waals surface area contributed by atoms with E-state index in [9.17, 15) is 19.2 Å². The Morgan fingerprint density at radius 1 is 1.03 bits per heavy atom. The molecule has 5 amide bonds. The summed E-state index contributed by atoms with van der Waals surface area (Å²) < 4.78 is 5.22. The average molecular weight is 397 g/mol. The molecule has 152 valence electrons. The van der Waals surface area contributed by atoms with Crippen LogP contribution in [-0.4, -0.2) is 65.2 Å². The first kappa shape index (κ1) is 20.3. The van der Waals surface area contributed by atoms with Crippen LogP contribution in [0.15, 0.2) is 36.4 Å². The van der Waals surface area contributed by atoms with Gasteiger partial charge in [-0.25, -0.2) is 9.69 Å². The summed E-state index contributed by atoms with van der Waals surface area (Å²) >= 11 is 0. The Labute approximate surface area is 168 Å². The van der Waals surface area contributed by atoms with Gasteiger partial charge in [-0.1, -0.05) is 18.2 Å². The van der Waals surface area contributed by atoms with Crippen LogP contribution >= 0.6 is 0 Å². The van der Waals surface area contributed by atoms with Crippen molar-refractivity contribution in [2.75, 3.05) is 20.7 Å². The summed E-state index contributed by atoms with van der Waals surface area (Å²) in [5.74, 6) is -1.53. The first-order chi connectivity index (χ1) is 13.7. The summed E-state index contributed by atoms with van der Waals surface area (Å²) in [6.07, 6.45) is 0. The number of fused-ring (bicyclic) bond motifs is 1. The van der Waals surface area contributed by atoms with Gasteiger partial charge in [-0.2, -0.15) is 0 Å². The van der Waals surface area contributed by atoms with Gasteiger partial charge in [0.05, 0.1) is 7.11 Å². The number of likely N-dealkylation sites (N-methyl/N-ethyl adjacent to an activating group) is 1. The van der Waals surface area contributed by atoms with E-state index >= 15 is 0 Å². The van der Waals surface area contributed by atoms with Crippen molar-refractivity contribution in [3.63, 3.8) is 0 Å². The number of hydrogen-bond donors (Lipinski definition) is 0. The van der Waals surface area contributed by atoms with Crippen molar-refractivity contribution in [3.8, 4) is 5.75 Å². The SMILES string of the molecule is COc1ccc2cc(CN(C)C(=O)CN3C(=O)C(=O)N(C(C)C)C3=O)ccc2c1. The number of urea groups is 1. The molecule has 0 radical (unpaired) electrons. The van der Waals surface area contributed by atoms with Crippen molar-refractivity contribution in [3.05, 3.63) is 42.0 Å². The van der Waals surface area contributed by atoms with E-state index in [2.05, 4.69) is 0 Å². The zero-order valence-corrected chi connectivity index (χ0v) is 16.8. The minimum atomic E-state index is -0.967. The van der Waals surface area contributed by atoms with E-state index in [-0.39, 0.29) is 0 Å². The smallest absolute Gasteiger partial charge is 0.334 e. The number of nitrogens with zero attached hydrogens (tertiary/aromatic N) is 3. The van der Waals surface area contributed by atoms with Crippen LogP contribution in [0.1, 0.15) is 19.4 Å². The highest BCUT2D eigenvalue weighted by Gasteiger charge is 2.46. The molecule has 2 aromatic rings. The Hall–Kier alpha value is -3.42. The number of imide groups is 2. The number of ether oxygens (including phenoxy) is 1. The Morgan fingerprint density at radius 2 is 1.69 bits per heavy atom. The number of benzene rings is 2. The summed E-state index contributed by atoms with van der Waals surface area (Å²) in [7, 11) is 3.20. The molecule has 1 saturated heterocycles. The minimum absolute atomic E-state index is 0.304. The fourth-order valence-electron chi connectivity index (χ4n) is 3.23. The fraction of sp³-hybridized carbons (Fsp3) is 0.333. The highest BCUT2D eigenvalue weighted by atomic mass is 16.5. The molecule has 1 heterocycles. The molecule has 8 heteroatoms. The maximum atomic E-state index is 12.6. The van der Waals surface area contributed by atoms with Gasteiger partial charge in [0, 0.05) is 19.6 Å². The van der Waals surface area contributed by atoms with Crippen molar-refractivity contribution in [1.82, 2.24) is 14.7 Å². The number of rotatable bonds is 6. The lowest BCUT2D eigenvalue weighted by atomic mass is 10.1. The molecule has 3 rings (SSSR count). The normalized spacial score (nSPS) is 14.3. The molecular formula is C21H23N3O5. The zero-order chi connectivity index (χ0) is 21.3. The molecule has 0 aromatic heterocycles. The number of carbonyl (C=O) groups excluding carboxylic acids is 4. The lowest BCUT2D eigenvalue weighted by Crippen LogP contribution is -2.42. The first-order valence-corrected chi connectivity index (χ1v) is 9.22. The lowest BCUT2D eigenvalue weighted by molar-refractivity contribution is -0.145. The topological polar surface area (TPSA) is 87.2 Å². The second kappa shape index (κ2) is 7.90. The van der Waals surface area contributed by atoms with E-state index in [1.165, 1.54) is 4.90 Å². The van der Waals surface area contributed by atoms with Crippen LogP contribution in [0.4, 0.5) is 4.79 Å². The molecule has 0 unspecified atom stereocenters. The standard InChI is InChI=1S/C21H23N3O5/c1-13(2)24-20(27)19(26)23(21(24)28)12-18(25)22(3)11-14-5-6-16-10-17(29-4)8-7-15(16)9-14/h5-10,13H,11-12H2,1-4H3. The molecule has 2 aromatic carbocycles. The molecule has 0 spiro atoms. The van der Waals surface area contributed by atoms with Gasteiger partial charge in [0.1, 0.15) is 12.3 Å². The van der Waals surface area contributed by atoms with E-state index in [0.717, 1.165) is 27.0 Å². The van der Waals surface area contributed by atoms with E-state index in [1.807, 2.05) is 36.4 Å². The predicted molar refractivity (Wildman–Crippen MR) is 106 cm³/mol. The Bertz CT molecular complexity index is 1000. The molecule has 29 heavy (non-hydrogen) atoms. The van der Waals surface area contributed by atoms with Crippen LogP contribution in [0.5, 0.6) is 5.75 Å². The summed E-state index contributed by atoms with van der Waals surface area (Å²) in [4.78, 5) is 51.9. The van der Waals surface area contributed by atoms with Gasteiger partial charge in [0.15, 0.2) is 0 Å². The molecule has 1 aliphatic rings.